The Hall–Kier alpha value is -4.43. The molecule has 0 bridgehead atoms. The van der Waals surface area contributed by atoms with Crippen LogP contribution in [-0.4, -0.2) is 4.40 Å². The van der Waals surface area contributed by atoms with E-state index in [0.717, 1.165) is 6.42 Å². The quantitative estimate of drug-likeness (QED) is 0.123. The van der Waals surface area contributed by atoms with Crippen LogP contribution in [0.3, 0.4) is 0 Å². The second kappa shape index (κ2) is 8.05. The summed E-state index contributed by atoms with van der Waals surface area (Å²) in [5, 5.41) is 9.39. The summed E-state index contributed by atoms with van der Waals surface area (Å²) in [6.45, 7) is 9.41. The first-order valence-corrected chi connectivity index (χ1v) is 14.3. The Balaban J connectivity index is 1.70. The van der Waals surface area contributed by atoms with Gasteiger partial charge in [-0.2, -0.15) is 0 Å². The lowest BCUT2D eigenvalue weighted by Gasteiger charge is -2.24. The zero-order valence-electron chi connectivity index (χ0n) is 23.8. The molecule has 0 saturated carbocycles. The number of nitrogens with zero attached hydrogens (tertiary/aromatic N) is 2. The van der Waals surface area contributed by atoms with E-state index in [1.54, 1.807) is 0 Å². The molecule has 3 aromatic heterocycles. The van der Waals surface area contributed by atoms with Gasteiger partial charge >= 0.3 is 0 Å². The lowest BCUT2D eigenvalue weighted by molar-refractivity contribution is -0.643. The fourth-order valence-electron chi connectivity index (χ4n) is 7.21. The highest BCUT2D eigenvalue weighted by atomic mass is 15.0. The molecular formula is C38H33N2+. The normalized spacial score (nSPS) is 12.7. The molecule has 2 nitrogen and oxygen atoms in total. The van der Waals surface area contributed by atoms with Gasteiger partial charge in [0.2, 0.25) is 5.52 Å². The van der Waals surface area contributed by atoms with E-state index >= 15 is 0 Å². The molecule has 0 radical (unpaired) electrons. The van der Waals surface area contributed by atoms with E-state index in [9.17, 15) is 0 Å². The molecule has 0 unspecified atom stereocenters. The third kappa shape index (κ3) is 3.14. The van der Waals surface area contributed by atoms with Crippen LogP contribution in [0.2, 0.25) is 0 Å². The Bertz CT molecular complexity index is 2280. The summed E-state index contributed by atoms with van der Waals surface area (Å²) >= 11 is 0. The average molecular weight is 518 g/mol. The van der Waals surface area contributed by atoms with E-state index in [1.165, 1.54) is 82.0 Å². The van der Waals surface area contributed by atoms with Crippen molar-refractivity contribution in [1.82, 2.24) is 4.40 Å². The van der Waals surface area contributed by atoms with E-state index < -0.39 is 0 Å². The molecule has 0 aliphatic rings. The first kappa shape index (κ1) is 23.5. The van der Waals surface area contributed by atoms with Crippen LogP contribution in [-0.2, 0) is 13.5 Å². The van der Waals surface area contributed by atoms with Gasteiger partial charge in [-0.15, -0.1) is 0 Å². The third-order valence-electron chi connectivity index (χ3n) is 8.86. The molecule has 40 heavy (non-hydrogen) atoms. The van der Waals surface area contributed by atoms with Crippen molar-refractivity contribution in [2.75, 3.05) is 0 Å². The maximum atomic E-state index is 2.62. The van der Waals surface area contributed by atoms with Crippen molar-refractivity contribution >= 4 is 59.8 Å². The summed E-state index contributed by atoms with van der Waals surface area (Å²) in [5.41, 5.74) is 10.8. The van der Waals surface area contributed by atoms with Crippen LogP contribution < -0.4 is 4.57 Å². The molecule has 0 fully saturated rings. The minimum absolute atomic E-state index is 0.138. The van der Waals surface area contributed by atoms with Crippen molar-refractivity contribution in [1.29, 1.82) is 0 Å². The Morgan fingerprint density at radius 1 is 0.675 bits per heavy atom. The molecule has 0 amide bonds. The molecule has 3 heterocycles. The summed E-state index contributed by atoms with van der Waals surface area (Å²) in [4.78, 5) is 0. The van der Waals surface area contributed by atoms with Crippen molar-refractivity contribution in [3.05, 3.63) is 108 Å². The monoisotopic (exact) mass is 517 g/mol. The van der Waals surface area contributed by atoms with Crippen molar-refractivity contribution in [3.63, 3.8) is 0 Å². The zero-order chi connectivity index (χ0) is 27.3. The van der Waals surface area contributed by atoms with Crippen LogP contribution in [0.1, 0.15) is 31.9 Å². The Kier molecular flexibility index (Phi) is 4.72. The van der Waals surface area contributed by atoms with E-state index in [2.05, 4.69) is 141 Å². The van der Waals surface area contributed by atoms with Gasteiger partial charge in [-0.25, -0.2) is 4.57 Å². The van der Waals surface area contributed by atoms with Crippen molar-refractivity contribution in [3.8, 4) is 11.1 Å². The summed E-state index contributed by atoms with van der Waals surface area (Å²) in [7, 11) is 2.21. The number of aryl methyl sites for hydroxylation is 2. The maximum Gasteiger partial charge on any atom is 0.224 e. The first-order valence-electron chi connectivity index (χ1n) is 14.3. The lowest BCUT2D eigenvalue weighted by Crippen LogP contribution is -2.29. The molecule has 0 spiro atoms. The lowest BCUT2D eigenvalue weighted by atomic mass is 9.83. The molecule has 8 rings (SSSR count). The molecule has 0 atom stereocenters. The highest BCUT2D eigenvalue weighted by Gasteiger charge is 2.28. The summed E-state index contributed by atoms with van der Waals surface area (Å²) < 4.78 is 4.96. The smallest absolute Gasteiger partial charge is 0.224 e. The molecule has 8 aromatic rings. The number of rotatable bonds is 2. The van der Waals surface area contributed by atoms with Crippen LogP contribution in [0, 0.1) is 12.3 Å². The van der Waals surface area contributed by atoms with Gasteiger partial charge in [0.25, 0.3) is 0 Å². The second-order valence-corrected chi connectivity index (χ2v) is 12.7. The van der Waals surface area contributed by atoms with Gasteiger partial charge in [0, 0.05) is 16.8 Å². The number of fused-ring (bicyclic) bond motifs is 7. The summed E-state index contributed by atoms with van der Waals surface area (Å²) in [6.07, 6.45) is 3.23. The van der Waals surface area contributed by atoms with Gasteiger partial charge in [-0.1, -0.05) is 93.6 Å². The standard InChI is InChI=1S/C38H33N2/c1-23-27-13-9-10-14-28(27)31(22-38(2,3)4)36-33(23)37-34-25(19-20-39(37)5)15-17-29-30-21-26(24-11-7-6-8-12-24)16-18-32(30)40(36)35(29)34/h6-21H,22H2,1-5H3/q+1. The molecule has 0 aliphatic heterocycles. The van der Waals surface area contributed by atoms with Gasteiger partial charge in [-0.05, 0) is 69.3 Å². The van der Waals surface area contributed by atoms with Crippen molar-refractivity contribution in [2.45, 2.75) is 34.1 Å². The van der Waals surface area contributed by atoms with E-state index in [-0.39, 0.29) is 5.41 Å². The van der Waals surface area contributed by atoms with Crippen LogP contribution in [0.25, 0.3) is 70.9 Å². The number of hydrogen-bond donors (Lipinski definition) is 0. The third-order valence-corrected chi connectivity index (χ3v) is 8.86. The van der Waals surface area contributed by atoms with E-state index in [4.69, 9.17) is 0 Å². The fraction of sp³-hybridized carbons (Fsp3) is 0.184. The number of hydrogen-bond acceptors (Lipinski definition) is 0. The van der Waals surface area contributed by atoms with Crippen LogP contribution in [0.15, 0.2) is 97.2 Å². The van der Waals surface area contributed by atoms with E-state index in [1.807, 2.05) is 0 Å². The SMILES string of the molecule is Cc1c2ccccc2c(CC(C)(C)C)c2c1c1c3c(ccc4c5cc(-c6ccccc6)ccc5n2c43)cc[n+]1C. The van der Waals surface area contributed by atoms with Crippen LogP contribution >= 0.6 is 0 Å². The second-order valence-electron chi connectivity index (χ2n) is 12.7. The minimum atomic E-state index is 0.138. The van der Waals surface area contributed by atoms with Crippen molar-refractivity contribution in [2.24, 2.45) is 12.5 Å². The van der Waals surface area contributed by atoms with Crippen LogP contribution in [0.4, 0.5) is 0 Å². The molecule has 0 aliphatic carbocycles. The number of pyridine rings is 2. The molecule has 5 aromatic carbocycles. The fourth-order valence-corrected chi connectivity index (χ4v) is 7.21. The Labute approximate surface area is 234 Å². The van der Waals surface area contributed by atoms with Crippen molar-refractivity contribution < 1.29 is 4.57 Å². The van der Waals surface area contributed by atoms with Gasteiger partial charge in [0.15, 0.2) is 6.20 Å². The number of benzene rings is 5. The van der Waals surface area contributed by atoms with Crippen LogP contribution in [0.5, 0.6) is 0 Å². The summed E-state index contributed by atoms with van der Waals surface area (Å²) in [6, 6.07) is 33.8. The molecular weight excluding hydrogens is 484 g/mol. The van der Waals surface area contributed by atoms with Gasteiger partial charge in [0.1, 0.15) is 7.05 Å². The number of aromatic nitrogens is 2. The molecule has 0 N–H and O–H groups in total. The largest absolute Gasteiger partial charge is 0.307 e. The Morgan fingerprint density at radius 3 is 2.20 bits per heavy atom. The minimum Gasteiger partial charge on any atom is -0.307 e. The summed E-state index contributed by atoms with van der Waals surface area (Å²) in [5.74, 6) is 0. The first-order chi connectivity index (χ1) is 19.3. The molecule has 194 valence electrons. The topological polar surface area (TPSA) is 8.29 Å². The predicted octanol–water partition coefficient (Wildman–Crippen LogP) is 9.53. The Morgan fingerprint density at radius 2 is 1.43 bits per heavy atom. The van der Waals surface area contributed by atoms with E-state index in [0.29, 0.717) is 0 Å². The van der Waals surface area contributed by atoms with Gasteiger partial charge in [-0.3, -0.25) is 0 Å². The molecule has 0 saturated heterocycles. The highest BCUT2D eigenvalue weighted by molar-refractivity contribution is 6.29. The van der Waals surface area contributed by atoms with Gasteiger partial charge < -0.3 is 4.40 Å². The average Bonchev–Trinajstić information content (AvgIpc) is 3.29. The highest BCUT2D eigenvalue weighted by Crippen LogP contribution is 2.45. The zero-order valence-corrected chi connectivity index (χ0v) is 23.8. The predicted molar refractivity (Wildman–Crippen MR) is 171 cm³/mol. The van der Waals surface area contributed by atoms with Gasteiger partial charge in [0.05, 0.1) is 27.3 Å². The molecule has 2 heteroatoms. The maximum absolute atomic E-state index is 2.62.